The molecule has 2 aliphatic rings. The SMILES string of the molecule is CC(C)(C)c1nc(CCC(F)(F)F)c2[nH]c(C3CCC4(CNO4)C3)nc2n1. The topological polar surface area (TPSA) is 75.7 Å². The van der Waals surface area contributed by atoms with Crippen molar-refractivity contribution >= 4 is 11.2 Å². The average molecular weight is 383 g/mol. The van der Waals surface area contributed by atoms with Crippen LogP contribution in [0.4, 0.5) is 13.2 Å². The highest BCUT2D eigenvalue weighted by atomic mass is 19.4. The standard InChI is InChI=1S/C18H24F3N5O/c1-16(2,3)15-23-11(5-7-18(19,20)21)12-14(26-15)25-13(24-12)10-4-6-17(8-10)9-22-27-17/h10,22H,4-9H2,1-3H3,(H,23,24,25,26). The van der Waals surface area contributed by atoms with Crippen molar-refractivity contribution in [1.29, 1.82) is 0 Å². The van der Waals surface area contributed by atoms with Gasteiger partial charge in [0.15, 0.2) is 5.65 Å². The van der Waals surface area contributed by atoms with Gasteiger partial charge in [-0.2, -0.15) is 18.7 Å². The van der Waals surface area contributed by atoms with E-state index in [0.29, 0.717) is 22.7 Å². The summed E-state index contributed by atoms with van der Waals surface area (Å²) in [5.41, 5.74) is 3.72. The number of hydrogen-bond acceptors (Lipinski definition) is 5. The van der Waals surface area contributed by atoms with Crippen LogP contribution in [0.3, 0.4) is 0 Å². The molecule has 0 bridgehead atoms. The largest absolute Gasteiger partial charge is 0.389 e. The molecule has 3 heterocycles. The van der Waals surface area contributed by atoms with Crippen molar-refractivity contribution in [3.63, 3.8) is 0 Å². The van der Waals surface area contributed by atoms with Gasteiger partial charge in [0.1, 0.15) is 22.8 Å². The zero-order valence-corrected chi connectivity index (χ0v) is 15.7. The number of hydrogen-bond donors (Lipinski definition) is 2. The van der Waals surface area contributed by atoms with Crippen molar-refractivity contribution in [1.82, 2.24) is 25.4 Å². The molecule has 148 valence electrons. The van der Waals surface area contributed by atoms with E-state index in [1.54, 1.807) is 0 Å². The molecule has 1 aliphatic carbocycles. The van der Waals surface area contributed by atoms with E-state index in [-0.39, 0.29) is 23.4 Å². The van der Waals surface area contributed by atoms with E-state index in [1.807, 2.05) is 20.8 Å². The maximum Gasteiger partial charge on any atom is 0.389 e. The summed E-state index contributed by atoms with van der Waals surface area (Å²) in [5, 5.41) is 0. The number of aryl methyl sites for hydroxylation is 1. The second-order valence-electron chi connectivity index (χ2n) is 8.73. The predicted octanol–water partition coefficient (Wildman–Crippen LogP) is 3.69. The van der Waals surface area contributed by atoms with Gasteiger partial charge in [-0.25, -0.2) is 15.0 Å². The number of alkyl halides is 3. The third kappa shape index (κ3) is 3.67. The van der Waals surface area contributed by atoms with E-state index in [9.17, 15) is 13.2 Å². The molecule has 2 aromatic rings. The van der Waals surface area contributed by atoms with Crippen LogP contribution in [0.5, 0.6) is 0 Å². The fourth-order valence-electron chi connectivity index (χ4n) is 3.80. The van der Waals surface area contributed by atoms with Crippen molar-refractivity contribution in [3.05, 3.63) is 17.3 Å². The Balaban J connectivity index is 1.69. The zero-order valence-electron chi connectivity index (χ0n) is 15.7. The van der Waals surface area contributed by atoms with E-state index in [1.165, 1.54) is 0 Å². The van der Waals surface area contributed by atoms with Gasteiger partial charge in [-0.1, -0.05) is 20.8 Å². The molecular formula is C18H24F3N5O. The molecule has 2 fully saturated rings. The van der Waals surface area contributed by atoms with Crippen molar-refractivity contribution in [2.45, 2.75) is 76.0 Å². The van der Waals surface area contributed by atoms with Gasteiger partial charge in [-0.05, 0) is 19.3 Å². The molecule has 27 heavy (non-hydrogen) atoms. The summed E-state index contributed by atoms with van der Waals surface area (Å²) < 4.78 is 38.3. The molecule has 0 radical (unpaired) electrons. The Morgan fingerprint density at radius 2 is 1.93 bits per heavy atom. The predicted molar refractivity (Wildman–Crippen MR) is 93.2 cm³/mol. The maximum atomic E-state index is 12.8. The smallest absolute Gasteiger partial charge is 0.339 e. The summed E-state index contributed by atoms with van der Waals surface area (Å²) in [5.74, 6) is 1.47. The third-order valence-corrected chi connectivity index (χ3v) is 5.40. The first-order valence-electron chi connectivity index (χ1n) is 9.29. The molecule has 2 N–H and O–H groups in total. The van der Waals surface area contributed by atoms with Crippen LogP contribution in [-0.2, 0) is 16.7 Å². The number of imidazole rings is 1. The Morgan fingerprint density at radius 3 is 2.48 bits per heavy atom. The van der Waals surface area contributed by atoms with Gasteiger partial charge in [-0.3, -0.25) is 4.84 Å². The Labute approximate surface area is 155 Å². The monoisotopic (exact) mass is 383 g/mol. The van der Waals surface area contributed by atoms with Gasteiger partial charge in [0, 0.05) is 24.2 Å². The van der Waals surface area contributed by atoms with Crippen LogP contribution in [0.15, 0.2) is 0 Å². The van der Waals surface area contributed by atoms with Crippen molar-refractivity contribution in [2.75, 3.05) is 6.54 Å². The normalized spacial score (nSPS) is 26.1. The number of hydroxylamine groups is 1. The molecule has 1 saturated heterocycles. The highest BCUT2D eigenvalue weighted by Crippen LogP contribution is 2.44. The quantitative estimate of drug-likeness (QED) is 0.846. The number of halogens is 3. The summed E-state index contributed by atoms with van der Waals surface area (Å²) in [7, 11) is 0. The fraction of sp³-hybridized carbons (Fsp3) is 0.722. The van der Waals surface area contributed by atoms with Crippen LogP contribution in [0, 0.1) is 0 Å². The van der Waals surface area contributed by atoms with Gasteiger partial charge < -0.3 is 4.98 Å². The van der Waals surface area contributed by atoms with Crippen LogP contribution >= 0.6 is 0 Å². The maximum absolute atomic E-state index is 12.8. The Morgan fingerprint density at radius 1 is 1.19 bits per heavy atom. The van der Waals surface area contributed by atoms with Crippen LogP contribution in [-0.4, -0.2) is 38.3 Å². The van der Waals surface area contributed by atoms with Gasteiger partial charge in [0.2, 0.25) is 0 Å². The van der Waals surface area contributed by atoms with E-state index in [0.717, 1.165) is 31.6 Å². The summed E-state index contributed by atoms with van der Waals surface area (Å²) in [6.07, 6.45) is -2.61. The lowest BCUT2D eigenvalue weighted by Crippen LogP contribution is -2.55. The second-order valence-corrected chi connectivity index (χ2v) is 8.73. The molecule has 1 aliphatic heterocycles. The molecule has 2 aromatic heterocycles. The Hall–Kier alpha value is -1.74. The van der Waals surface area contributed by atoms with Crippen LogP contribution in [0.1, 0.15) is 69.7 Å². The summed E-state index contributed by atoms with van der Waals surface area (Å²) in [4.78, 5) is 22.4. The van der Waals surface area contributed by atoms with Gasteiger partial charge >= 0.3 is 6.18 Å². The van der Waals surface area contributed by atoms with Gasteiger partial charge in [0.25, 0.3) is 0 Å². The first kappa shape index (κ1) is 18.6. The highest BCUT2D eigenvalue weighted by Gasteiger charge is 2.47. The molecule has 1 spiro atoms. The summed E-state index contributed by atoms with van der Waals surface area (Å²) in [6, 6.07) is 0. The van der Waals surface area contributed by atoms with Crippen LogP contribution < -0.4 is 5.48 Å². The number of rotatable bonds is 3. The first-order valence-corrected chi connectivity index (χ1v) is 9.29. The van der Waals surface area contributed by atoms with Crippen molar-refractivity contribution < 1.29 is 18.0 Å². The molecule has 1 saturated carbocycles. The molecule has 6 nitrogen and oxygen atoms in total. The molecular weight excluding hydrogens is 359 g/mol. The zero-order chi connectivity index (χ0) is 19.4. The van der Waals surface area contributed by atoms with E-state index in [4.69, 9.17) is 4.84 Å². The molecule has 2 unspecified atom stereocenters. The molecule has 2 atom stereocenters. The number of aromatic amines is 1. The van der Waals surface area contributed by atoms with Crippen LogP contribution in [0.25, 0.3) is 11.2 Å². The Kier molecular flexibility index (Phi) is 4.23. The van der Waals surface area contributed by atoms with Crippen LogP contribution in [0.2, 0.25) is 0 Å². The molecule has 0 aromatic carbocycles. The third-order valence-electron chi connectivity index (χ3n) is 5.40. The summed E-state index contributed by atoms with van der Waals surface area (Å²) in [6.45, 7) is 6.65. The minimum atomic E-state index is -4.23. The number of H-pyrrole nitrogens is 1. The number of nitrogens with one attached hydrogen (secondary N) is 2. The number of aromatic nitrogens is 4. The van der Waals surface area contributed by atoms with E-state index in [2.05, 4.69) is 25.4 Å². The average Bonchev–Trinajstić information content (AvgIpc) is 3.14. The summed E-state index contributed by atoms with van der Waals surface area (Å²) >= 11 is 0. The van der Waals surface area contributed by atoms with E-state index < -0.39 is 12.6 Å². The Bertz CT molecular complexity index is 851. The lowest BCUT2D eigenvalue weighted by atomic mass is 9.95. The minimum Gasteiger partial charge on any atom is -0.339 e. The molecule has 4 rings (SSSR count). The lowest BCUT2D eigenvalue weighted by Gasteiger charge is -2.38. The lowest BCUT2D eigenvalue weighted by molar-refractivity contribution is -0.200. The second kappa shape index (κ2) is 6.13. The highest BCUT2D eigenvalue weighted by molar-refractivity contribution is 5.73. The van der Waals surface area contributed by atoms with Crippen molar-refractivity contribution in [3.8, 4) is 0 Å². The first-order chi connectivity index (χ1) is 12.5. The fourth-order valence-corrected chi connectivity index (χ4v) is 3.80. The van der Waals surface area contributed by atoms with Gasteiger partial charge in [-0.15, -0.1) is 0 Å². The number of fused-ring (bicyclic) bond motifs is 1. The minimum absolute atomic E-state index is 0.120. The van der Waals surface area contributed by atoms with Crippen molar-refractivity contribution in [2.24, 2.45) is 0 Å². The van der Waals surface area contributed by atoms with Gasteiger partial charge in [0.05, 0.1) is 12.2 Å². The molecule has 0 amide bonds. The molecule has 9 heteroatoms. The number of nitrogens with zero attached hydrogens (tertiary/aromatic N) is 3. The van der Waals surface area contributed by atoms with E-state index >= 15 is 0 Å².